The van der Waals surface area contributed by atoms with Crippen LogP contribution in [0.1, 0.15) is 52.9 Å². The smallest absolute Gasteiger partial charge is 0.0792 e. The Morgan fingerprint density at radius 3 is 2.56 bits per heavy atom. The summed E-state index contributed by atoms with van der Waals surface area (Å²) in [6.45, 7) is 10.6. The lowest BCUT2D eigenvalue weighted by Crippen LogP contribution is -2.51. The predicted molar refractivity (Wildman–Crippen MR) is 70.1 cm³/mol. The number of hydrazine groups is 1. The van der Waals surface area contributed by atoms with Crippen LogP contribution in [0.3, 0.4) is 0 Å². The molecule has 3 nitrogen and oxygen atoms in total. The summed E-state index contributed by atoms with van der Waals surface area (Å²) in [5, 5.41) is 0. The Hall–Kier alpha value is -0.380. The maximum atomic E-state index is 5.70. The molecule has 0 saturated carbocycles. The molecule has 0 heterocycles. The lowest BCUT2D eigenvalue weighted by atomic mass is 9.93. The van der Waals surface area contributed by atoms with Crippen LogP contribution in [0.25, 0.3) is 0 Å². The average molecular weight is 228 g/mol. The van der Waals surface area contributed by atoms with Crippen LogP contribution in [0.15, 0.2) is 12.7 Å². The van der Waals surface area contributed by atoms with E-state index in [9.17, 15) is 0 Å². The molecule has 3 heteroatoms. The molecule has 0 aromatic carbocycles. The third-order valence-electron chi connectivity index (χ3n) is 2.96. The first kappa shape index (κ1) is 15.6. The fraction of sp³-hybridized carbons (Fsp3) is 0.846. The molecule has 0 aliphatic heterocycles. The molecule has 0 aliphatic carbocycles. The monoisotopic (exact) mass is 228 g/mol. The molecule has 96 valence electrons. The zero-order valence-electron chi connectivity index (χ0n) is 11.1. The van der Waals surface area contributed by atoms with Crippen molar-refractivity contribution in [3.63, 3.8) is 0 Å². The molecule has 0 spiro atoms. The van der Waals surface area contributed by atoms with Gasteiger partial charge in [-0.05, 0) is 40.0 Å². The van der Waals surface area contributed by atoms with E-state index in [0.29, 0.717) is 0 Å². The summed E-state index contributed by atoms with van der Waals surface area (Å²) in [6.07, 6.45) is 7.76. The summed E-state index contributed by atoms with van der Waals surface area (Å²) in [7, 11) is 0. The number of allylic oxidation sites excluding steroid dienone is 1. The Morgan fingerprint density at radius 1 is 1.38 bits per heavy atom. The van der Waals surface area contributed by atoms with E-state index in [1.807, 2.05) is 13.0 Å². The second kappa shape index (κ2) is 8.74. The summed E-state index contributed by atoms with van der Waals surface area (Å²) < 4.78 is 5.70. The van der Waals surface area contributed by atoms with Crippen molar-refractivity contribution in [2.24, 2.45) is 5.84 Å². The van der Waals surface area contributed by atoms with E-state index >= 15 is 0 Å². The minimum Gasteiger partial charge on any atom is -0.374 e. The molecule has 3 N–H and O–H groups in total. The molecular weight excluding hydrogens is 200 g/mol. The Kier molecular flexibility index (Phi) is 8.53. The number of hydrogen-bond donors (Lipinski definition) is 2. The Bertz CT molecular complexity index is 181. The van der Waals surface area contributed by atoms with Crippen LogP contribution >= 0.6 is 0 Å². The number of unbranched alkanes of at least 4 members (excludes halogenated alkanes) is 3. The lowest BCUT2D eigenvalue weighted by Gasteiger charge is -2.33. The zero-order chi connectivity index (χ0) is 12.4. The standard InChI is InChI=1S/C13H28N2O/c1-5-7-8-9-10-11-12(15-14)13(3,4)16-6-2/h5,12,15H,1,6-11,14H2,2-4H3. The Labute approximate surface area is 100 Å². The maximum Gasteiger partial charge on any atom is 0.0792 e. The van der Waals surface area contributed by atoms with Gasteiger partial charge in [0.1, 0.15) is 0 Å². The molecule has 0 aliphatic rings. The minimum atomic E-state index is -0.193. The van der Waals surface area contributed by atoms with Crippen LogP contribution in [0.5, 0.6) is 0 Å². The van der Waals surface area contributed by atoms with Crippen LogP contribution in [0.2, 0.25) is 0 Å². The minimum absolute atomic E-state index is 0.193. The molecular formula is C13H28N2O. The average Bonchev–Trinajstić information content (AvgIpc) is 2.23. The highest BCUT2D eigenvalue weighted by Gasteiger charge is 2.28. The number of ether oxygens (including phenoxy) is 1. The number of rotatable bonds is 10. The molecule has 0 radical (unpaired) electrons. The van der Waals surface area contributed by atoms with Crippen molar-refractivity contribution in [2.45, 2.75) is 64.5 Å². The predicted octanol–water partition coefficient (Wildman–Crippen LogP) is 2.77. The van der Waals surface area contributed by atoms with Crippen molar-refractivity contribution in [2.75, 3.05) is 6.61 Å². The van der Waals surface area contributed by atoms with Gasteiger partial charge in [0.2, 0.25) is 0 Å². The third-order valence-corrected chi connectivity index (χ3v) is 2.96. The summed E-state index contributed by atoms with van der Waals surface area (Å²) >= 11 is 0. The topological polar surface area (TPSA) is 47.3 Å². The fourth-order valence-corrected chi connectivity index (χ4v) is 1.92. The van der Waals surface area contributed by atoms with Crippen molar-refractivity contribution in [1.82, 2.24) is 5.43 Å². The van der Waals surface area contributed by atoms with Crippen molar-refractivity contribution in [3.8, 4) is 0 Å². The van der Waals surface area contributed by atoms with E-state index in [1.165, 1.54) is 19.3 Å². The van der Waals surface area contributed by atoms with Crippen molar-refractivity contribution < 1.29 is 4.74 Å². The first-order valence-electron chi connectivity index (χ1n) is 6.29. The van der Waals surface area contributed by atoms with E-state index in [4.69, 9.17) is 10.6 Å². The van der Waals surface area contributed by atoms with Gasteiger partial charge >= 0.3 is 0 Å². The number of nitrogens with two attached hydrogens (primary N) is 1. The molecule has 0 rings (SSSR count). The Balaban J connectivity index is 3.85. The fourth-order valence-electron chi connectivity index (χ4n) is 1.92. The molecule has 0 aromatic heterocycles. The van der Waals surface area contributed by atoms with E-state index in [0.717, 1.165) is 19.4 Å². The van der Waals surface area contributed by atoms with Crippen LogP contribution in [0, 0.1) is 0 Å². The highest BCUT2D eigenvalue weighted by atomic mass is 16.5. The van der Waals surface area contributed by atoms with Gasteiger partial charge in [-0.1, -0.05) is 18.9 Å². The molecule has 0 amide bonds. The zero-order valence-corrected chi connectivity index (χ0v) is 11.1. The van der Waals surface area contributed by atoms with Crippen LogP contribution < -0.4 is 11.3 Å². The van der Waals surface area contributed by atoms with Gasteiger partial charge in [-0.3, -0.25) is 11.3 Å². The maximum absolute atomic E-state index is 5.70. The van der Waals surface area contributed by atoms with Crippen molar-refractivity contribution in [3.05, 3.63) is 12.7 Å². The van der Waals surface area contributed by atoms with Gasteiger partial charge in [-0.25, -0.2) is 0 Å². The molecule has 1 atom stereocenters. The molecule has 0 fully saturated rings. The SMILES string of the molecule is C=CCCCCCC(NN)C(C)(C)OCC. The highest BCUT2D eigenvalue weighted by molar-refractivity contribution is 4.84. The third kappa shape index (κ3) is 6.26. The molecule has 1 unspecified atom stereocenters. The van der Waals surface area contributed by atoms with Crippen LogP contribution in [0.4, 0.5) is 0 Å². The summed E-state index contributed by atoms with van der Waals surface area (Å²) in [5.41, 5.74) is 2.68. The quantitative estimate of drug-likeness (QED) is 0.261. The number of hydrogen-bond acceptors (Lipinski definition) is 3. The van der Waals surface area contributed by atoms with Crippen molar-refractivity contribution in [1.29, 1.82) is 0 Å². The van der Waals surface area contributed by atoms with E-state index in [-0.39, 0.29) is 11.6 Å². The van der Waals surface area contributed by atoms with E-state index in [1.54, 1.807) is 0 Å². The largest absolute Gasteiger partial charge is 0.374 e. The summed E-state index contributed by atoms with van der Waals surface area (Å²) in [5.74, 6) is 5.58. The molecule has 16 heavy (non-hydrogen) atoms. The second-order valence-electron chi connectivity index (χ2n) is 4.68. The van der Waals surface area contributed by atoms with Gasteiger partial charge in [-0.2, -0.15) is 0 Å². The van der Waals surface area contributed by atoms with E-state index < -0.39 is 0 Å². The normalized spacial score (nSPS) is 13.8. The van der Waals surface area contributed by atoms with Gasteiger partial charge in [0, 0.05) is 12.6 Å². The second-order valence-corrected chi connectivity index (χ2v) is 4.68. The van der Waals surface area contributed by atoms with Gasteiger partial charge < -0.3 is 4.74 Å². The van der Waals surface area contributed by atoms with Gasteiger partial charge in [0.25, 0.3) is 0 Å². The van der Waals surface area contributed by atoms with Gasteiger partial charge in [0.05, 0.1) is 5.60 Å². The van der Waals surface area contributed by atoms with Crippen LogP contribution in [-0.4, -0.2) is 18.2 Å². The first-order chi connectivity index (χ1) is 7.58. The molecule has 0 saturated heterocycles. The summed E-state index contributed by atoms with van der Waals surface area (Å²) in [4.78, 5) is 0. The number of nitrogens with one attached hydrogen (secondary N) is 1. The van der Waals surface area contributed by atoms with E-state index in [2.05, 4.69) is 25.9 Å². The Morgan fingerprint density at radius 2 is 2.06 bits per heavy atom. The highest BCUT2D eigenvalue weighted by Crippen LogP contribution is 2.19. The van der Waals surface area contributed by atoms with Crippen molar-refractivity contribution >= 4 is 0 Å². The molecule has 0 aromatic rings. The molecule has 0 bridgehead atoms. The van der Waals surface area contributed by atoms with Gasteiger partial charge in [-0.15, -0.1) is 6.58 Å². The van der Waals surface area contributed by atoms with Crippen LogP contribution in [-0.2, 0) is 4.74 Å². The summed E-state index contributed by atoms with van der Waals surface area (Å²) in [6, 6.07) is 0.219. The first-order valence-corrected chi connectivity index (χ1v) is 6.29. The van der Waals surface area contributed by atoms with Gasteiger partial charge in [0.15, 0.2) is 0 Å². The lowest BCUT2D eigenvalue weighted by molar-refractivity contribution is -0.0406.